The largest absolute Gasteiger partial charge is 0.481 e. The molecule has 100 valence electrons. The third kappa shape index (κ3) is 2.25. The Bertz CT molecular complexity index is 566. The number of furan rings is 1. The number of hydrogen-bond donors (Lipinski definition) is 1. The molecule has 19 heavy (non-hydrogen) atoms. The van der Waals surface area contributed by atoms with Crippen molar-refractivity contribution >= 4 is 16.9 Å². The molecule has 3 atom stereocenters. The molecule has 1 aromatic carbocycles. The Kier molecular flexibility index (Phi) is 3.05. The normalized spacial score (nSPS) is 27.5. The van der Waals surface area contributed by atoms with Crippen LogP contribution in [0, 0.1) is 11.8 Å². The summed E-state index contributed by atoms with van der Waals surface area (Å²) in [6.07, 6.45) is 2.64. The zero-order valence-electron chi connectivity index (χ0n) is 11.0. The van der Waals surface area contributed by atoms with E-state index in [1.165, 1.54) is 0 Å². The first kappa shape index (κ1) is 12.3. The van der Waals surface area contributed by atoms with Gasteiger partial charge >= 0.3 is 5.97 Å². The number of para-hydroxylation sites is 1. The van der Waals surface area contributed by atoms with Crippen molar-refractivity contribution in [3.63, 3.8) is 0 Å². The van der Waals surface area contributed by atoms with Crippen molar-refractivity contribution in [3.05, 3.63) is 36.1 Å². The van der Waals surface area contributed by atoms with E-state index in [0.717, 1.165) is 36.0 Å². The van der Waals surface area contributed by atoms with Crippen molar-refractivity contribution in [2.75, 3.05) is 0 Å². The van der Waals surface area contributed by atoms with E-state index in [0.29, 0.717) is 5.92 Å². The van der Waals surface area contributed by atoms with Crippen LogP contribution in [-0.4, -0.2) is 11.1 Å². The molecule has 1 N–H and O–H groups in total. The summed E-state index contributed by atoms with van der Waals surface area (Å²) >= 11 is 0. The van der Waals surface area contributed by atoms with Gasteiger partial charge in [0.1, 0.15) is 11.3 Å². The van der Waals surface area contributed by atoms with Crippen LogP contribution in [0.5, 0.6) is 0 Å². The minimum absolute atomic E-state index is 0.00801. The minimum Gasteiger partial charge on any atom is -0.481 e. The first-order valence-electron chi connectivity index (χ1n) is 6.86. The highest BCUT2D eigenvalue weighted by Crippen LogP contribution is 2.42. The number of hydrogen-bond acceptors (Lipinski definition) is 2. The van der Waals surface area contributed by atoms with Crippen LogP contribution in [0.3, 0.4) is 0 Å². The molecular weight excluding hydrogens is 240 g/mol. The summed E-state index contributed by atoms with van der Waals surface area (Å²) in [7, 11) is 0. The Hall–Kier alpha value is -1.77. The zero-order valence-corrected chi connectivity index (χ0v) is 11.0. The Labute approximate surface area is 112 Å². The van der Waals surface area contributed by atoms with Gasteiger partial charge in [0.2, 0.25) is 0 Å². The van der Waals surface area contributed by atoms with Gasteiger partial charge in [-0.25, -0.2) is 0 Å². The quantitative estimate of drug-likeness (QED) is 0.884. The van der Waals surface area contributed by atoms with E-state index >= 15 is 0 Å². The van der Waals surface area contributed by atoms with Gasteiger partial charge in [0.15, 0.2) is 0 Å². The molecule has 0 amide bonds. The minimum atomic E-state index is -0.697. The van der Waals surface area contributed by atoms with E-state index in [4.69, 9.17) is 4.42 Å². The smallest absolute Gasteiger partial charge is 0.307 e. The second-order valence-electron chi connectivity index (χ2n) is 5.66. The van der Waals surface area contributed by atoms with E-state index < -0.39 is 5.97 Å². The van der Waals surface area contributed by atoms with Crippen molar-refractivity contribution in [1.29, 1.82) is 0 Å². The molecule has 3 rings (SSSR count). The molecule has 3 heteroatoms. The van der Waals surface area contributed by atoms with Gasteiger partial charge in [0.05, 0.1) is 5.92 Å². The molecule has 1 aliphatic carbocycles. The fourth-order valence-corrected chi connectivity index (χ4v) is 3.18. The number of carboxylic acids is 1. The van der Waals surface area contributed by atoms with Crippen LogP contribution in [0.4, 0.5) is 0 Å². The Balaban J connectivity index is 1.99. The Morgan fingerprint density at radius 3 is 2.84 bits per heavy atom. The van der Waals surface area contributed by atoms with Crippen molar-refractivity contribution in [2.24, 2.45) is 11.8 Å². The Morgan fingerprint density at radius 1 is 1.32 bits per heavy atom. The number of rotatable bonds is 2. The number of benzene rings is 1. The van der Waals surface area contributed by atoms with Gasteiger partial charge in [-0.05, 0) is 37.3 Å². The lowest BCUT2D eigenvalue weighted by molar-refractivity contribution is -0.144. The second-order valence-corrected chi connectivity index (χ2v) is 5.66. The van der Waals surface area contributed by atoms with Crippen LogP contribution >= 0.6 is 0 Å². The molecule has 0 radical (unpaired) electrons. The number of carboxylic acid groups (broad SMARTS) is 1. The fraction of sp³-hybridized carbons (Fsp3) is 0.438. The highest BCUT2D eigenvalue weighted by Gasteiger charge is 2.36. The predicted octanol–water partition coefficient (Wildman–Crippen LogP) is 4.04. The highest BCUT2D eigenvalue weighted by atomic mass is 16.4. The molecule has 1 saturated carbocycles. The van der Waals surface area contributed by atoms with Gasteiger partial charge in [0.25, 0.3) is 0 Å². The molecule has 0 bridgehead atoms. The average molecular weight is 258 g/mol. The summed E-state index contributed by atoms with van der Waals surface area (Å²) in [5, 5.41) is 10.4. The number of carbonyl (C=O) groups is 1. The topological polar surface area (TPSA) is 50.4 Å². The van der Waals surface area contributed by atoms with E-state index in [-0.39, 0.29) is 11.8 Å². The van der Waals surface area contributed by atoms with Gasteiger partial charge in [0, 0.05) is 11.3 Å². The number of fused-ring (bicyclic) bond motifs is 1. The lowest BCUT2D eigenvalue weighted by Gasteiger charge is -2.30. The average Bonchev–Trinajstić information content (AvgIpc) is 2.81. The van der Waals surface area contributed by atoms with E-state index in [2.05, 4.69) is 6.92 Å². The first-order chi connectivity index (χ1) is 9.15. The predicted molar refractivity (Wildman–Crippen MR) is 73.1 cm³/mol. The van der Waals surface area contributed by atoms with Crippen molar-refractivity contribution in [3.8, 4) is 0 Å². The van der Waals surface area contributed by atoms with E-state index in [1.807, 2.05) is 30.3 Å². The van der Waals surface area contributed by atoms with Gasteiger partial charge in [-0.15, -0.1) is 0 Å². The maximum atomic E-state index is 11.4. The summed E-state index contributed by atoms with van der Waals surface area (Å²) in [5.74, 6) is 0.400. The van der Waals surface area contributed by atoms with Gasteiger partial charge in [-0.2, -0.15) is 0 Å². The van der Waals surface area contributed by atoms with Gasteiger partial charge in [-0.3, -0.25) is 4.79 Å². The monoisotopic (exact) mass is 258 g/mol. The van der Waals surface area contributed by atoms with Gasteiger partial charge in [-0.1, -0.05) is 25.1 Å². The second kappa shape index (κ2) is 4.72. The van der Waals surface area contributed by atoms with E-state index in [9.17, 15) is 9.90 Å². The molecule has 0 aliphatic heterocycles. The summed E-state index contributed by atoms with van der Waals surface area (Å²) < 4.78 is 5.87. The fourth-order valence-electron chi connectivity index (χ4n) is 3.18. The lowest BCUT2D eigenvalue weighted by Crippen LogP contribution is -2.28. The third-order valence-corrected chi connectivity index (χ3v) is 4.24. The third-order valence-electron chi connectivity index (χ3n) is 4.24. The molecule has 1 aromatic heterocycles. The molecule has 0 saturated heterocycles. The molecule has 2 aromatic rings. The SMILES string of the molecule is CC1CCC(C(=O)O)C(c2cc3ccccc3o2)C1. The van der Waals surface area contributed by atoms with Crippen LogP contribution in [0.2, 0.25) is 0 Å². The highest BCUT2D eigenvalue weighted by molar-refractivity contribution is 5.78. The molecule has 1 fully saturated rings. The number of aliphatic carboxylic acids is 1. The van der Waals surface area contributed by atoms with Crippen molar-refractivity contribution in [2.45, 2.75) is 32.1 Å². The molecule has 3 unspecified atom stereocenters. The molecule has 1 heterocycles. The summed E-state index contributed by atoms with van der Waals surface area (Å²) in [4.78, 5) is 11.4. The van der Waals surface area contributed by atoms with Gasteiger partial charge < -0.3 is 9.52 Å². The van der Waals surface area contributed by atoms with Crippen LogP contribution in [0.1, 0.15) is 37.9 Å². The van der Waals surface area contributed by atoms with Crippen molar-refractivity contribution < 1.29 is 14.3 Å². The van der Waals surface area contributed by atoms with Crippen LogP contribution in [-0.2, 0) is 4.79 Å². The molecule has 3 nitrogen and oxygen atoms in total. The summed E-state index contributed by atoms with van der Waals surface area (Å²) in [5.41, 5.74) is 0.847. The lowest BCUT2D eigenvalue weighted by atomic mass is 9.73. The maximum Gasteiger partial charge on any atom is 0.307 e. The van der Waals surface area contributed by atoms with Crippen LogP contribution in [0.15, 0.2) is 34.7 Å². The van der Waals surface area contributed by atoms with Crippen molar-refractivity contribution in [1.82, 2.24) is 0 Å². The van der Waals surface area contributed by atoms with Crippen LogP contribution < -0.4 is 0 Å². The van der Waals surface area contributed by atoms with E-state index in [1.54, 1.807) is 0 Å². The molecule has 0 spiro atoms. The molecule has 1 aliphatic rings. The summed E-state index contributed by atoms with van der Waals surface area (Å²) in [6, 6.07) is 9.85. The van der Waals surface area contributed by atoms with Crippen LogP contribution in [0.25, 0.3) is 11.0 Å². The summed E-state index contributed by atoms with van der Waals surface area (Å²) in [6.45, 7) is 2.19. The zero-order chi connectivity index (χ0) is 13.4. The Morgan fingerprint density at radius 2 is 2.11 bits per heavy atom. The standard InChI is InChI=1S/C16H18O3/c1-10-6-7-12(16(17)18)13(8-10)15-9-11-4-2-3-5-14(11)19-15/h2-5,9-10,12-13H,6-8H2,1H3,(H,17,18). The first-order valence-corrected chi connectivity index (χ1v) is 6.86. The molecular formula is C16H18O3. The maximum absolute atomic E-state index is 11.4.